The zero-order valence-corrected chi connectivity index (χ0v) is 10.5. The number of aryl methyl sites for hydroxylation is 1. The number of rotatable bonds is 1. The molecule has 2 aliphatic carbocycles. The smallest absolute Gasteiger partial charge is 0.222 e. The number of aliphatic hydroxyl groups is 1. The predicted octanol–water partition coefficient (Wildman–Crippen LogP) is 0.573. The molecule has 5 unspecified atom stereocenters. The second-order valence-corrected chi connectivity index (χ2v) is 6.01. The summed E-state index contributed by atoms with van der Waals surface area (Å²) in [5.74, 6) is 3.11. The van der Waals surface area contributed by atoms with Crippen molar-refractivity contribution in [3.05, 3.63) is 11.8 Å². The summed E-state index contributed by atoms with van der Waals surface area (Å²) < 4.78 is 0. The highest BCUT2D eigenvalue weighted by Crippen LogP contribution is 2.55. The van der Waals surface area contributed by atoms with Gasteiger partial charge < -0.3 is 15.7 Å². The van der Waals surface area contributed by atoms with Crippen LogP contribution in [0.3, 0.4) is 0 Å². The SMILES string of the molecule is Cc1cc(N2CC3CC4CC3C2C4O)nc(N)n1. The van der Waals surface area contributed by atoms with Gasteiger partial charge in [0.2, 0.25) is 5.95 Å². The van der Waals surface area contributed by atoms with E-state index < -0.39 is 0 Å². The molecule has 96 valence electrons. The van der Waals surface area contributed by atoms with Crippen molar-refractivity contribution in [3.8, 4) is 0 Å². The standard InChI is InChI=1S/C13H18N4O/c1-6-2-10(16-13(14)15-6)17-5-8-3-7-4-9(8)11(17)12(7)18/h2,7-9,11-12,18H,3-5H2,1H3,(H2,14,15,16). The summed E-state index contributed by atoms with van der Waals surface area (Å²) in [6.07, 6.45) is 2.18. The monoisotopic (exact) mass is 246 g/mol. The molecule has 5 heteroatoms. The van der Waals surface area contributed by atoms with Gasteiger partial charge in [0.05, 0.1) is 12.1 Å². The van der Waals surface area contributed by atoms with Gasteiger partial charge >= 0.3 is 0 Å². The normalized spacial score (nSPS) is 40.8. The molecule has 4 rings (SSSR count). The van der Waals surface area contributed by atoms with Gasteiger partial charge in [-0.05, 0) is 37.5 Å². The Balaban J connectivity index is 1.74. The van der Waals surface area contributed by atoms with Crippen molar-refractivity contribution >= 4 is 11.8 Å². The van der Waals surface area contributed by atoms with Gasteiger partial charge in [-0.1, -0.05) is 0 Å². The number of nitrogens with two attached hydrogens (primary N) is 1. The molecule has 2 saturated carbocycles. The lowest BCUT2D eigenvalue weighted by Gasteiger charge is -2.29. The zero-order chi connectivity index (χ0) is 12.4. The highest BCUT2D eigenvalue weighted by Gasteiger charge is 2.59. The molecule has 0 radical (unpaired) electrons. The van der Waals surface area contributed by atoms with E-state index in [0.29, 0.717) is 17.8 Å². The predicted molar refractivity (Wildman–Crippen MR) is 68.0 cm³/mol. The van der Waals surface area contributed by atoms with Crippen LogP contribution in [0.4, 0.5) is 11.8 Å². The molecule has 18 heavy (non-hydrogen) atoms. The second kappa shape index (κ2) is 3.35. The number of fused-ring (bicyclic) bond motifs is 1. The van der Waals surface area contributed by atoms with Crippen LogP contribution in [-0.2, 0) is 0 Å². The molecule has 1 aromatic heterocycles. The highest BCUT2D eigenvalue weighted by molar-refractivity contribution is 5.48. The Morgan fingerprint density at radius 1 is 1.33 bits per heavy atom. The second-order valence-electron chi connectivity index (χ2n) is 6.01. The summed E-state index contributed by atoms with van der Waals surface area (Å²) in [5, 5.41) is 10.4. The van der Waals surface area contributed by atoms with Gasteiger partial charge in [0.15, 0.2) is 0 Å². The molecular formula is C13H18N4O. The van der Waals surface area contributed by atoms with Crippen LogP contribution < -0.4 is 10.6 Å². The summed E-state index contributed by atoms with van der Waals surface area (Å²) >= 11 is 0. The molecule has 0 aromatic carbocycles. The number of aliphatic hydroxyl groups excluding tert-OH is 1. The lowest BCUT2D eigenvalue weighted by molar-refractivity contribution is 0.0965. The van der Waals surface area contributed by atoms with Gasteiger partial charge in [-0.3, -0.25) is 0 Å². The van der Waals surface area contributed by atoms with E-state index in [-0.39, 0.29) is 12.1 Å². The van der Waals surface area contributed by atoms with Gasteiger partial charge in [0, 0.05) is 18.3 Å². The third-order valence-electron chi connectivity index (χ3n) is 5.00. The van der Waals surface area contributed by atoms with E-state index in [1.807, 2.05) is 13.0 Å². The molecule has 5 atom stereocenters. The Labute approximate surface area is 106 Å². The van der Waals surface area contributed by atoms with E-state index in [1.165, 1.54) is 12.8 Å². The number of nitrogens with zero attached hydrogens (tertiary/aromatic N) is 3. The molecule has 3 aliphatic rings. The van der Waals surface area contributed by atoms with E-state index in [2.05, 4.69) is 14.9 Å². The van der Waals surface area contributed by atoms with Crippen molar-refractivity contribution in [1.29, 1.82) is 0 Å². The van der Waals surface area contributed by atoms with Crippen LogP contribution in [0.15, 0.2) is 6.07 Å². The fourth-order valence-electron chi connectivity index (χ4n) is 4.40. The fourth-order valence-corrected chi connectivity index (χ4v) is 4.40. The molecule has 0 amide bonds. The lowest BCUT2D eigenvalue weighted by atomic mass is 9.88. The first kappa shape index (κ1) is 10.6. The van der Waals surface area contributed by atoms with E-state index in [1.54, 1.807) is 0 Å². The first-order valence-electron chi connectivity index (χ1n) is 6.69. The minimum Gasteiger partial charge on any atom is -0.391 e. The summed E-state index contributed by atoms with van der Waals surface area (Å²) in [6.45, 7) is 2.94. The van der Waals surface area contributed by atoms with Crippen LogP contribution in [0.5, 0.6) is 0 Å². The molecule has 2 bridgehead atoms. The summed E-state index contributed by atoms with van der Waals surface area (Å²) in [4.78, 5) is 10.7. The zero-order valence-electron chi connectivity index (χ0n) is 10.5. The quantitative estimate of drug-likeness (QED) is 0.758. The maximum absolute atomic E-state index is 10.4. The number of hydrogen-bond acceptors (Lipinski definition) is 5. The minimum absolute atomic E-state index is 0.190. The summed E-state index contributed by atoms with van der Waals surface area (Å²) in [5.41, 5.74) is 6.62. The van der Waals surface area contributed by atoms with Crippen molar-refractivity contribution < 1.29 is 5.11 Å². The first-order valence-corrected chi connectivity index (χ1v) is 6.69. The van der Waals surface area contributed by atoms with Crippen molar-refractivity contribution in [1.82, 2.24) is 9.97 Å². The highest BCUT2D eigenvalue weighted by atomic mass is 16.3. The molecule has 0 spiro atoms. The maximum atomic E-state index is 10.4. The van der Waals surface area contributed by atoms with Crippen LogP contribution >= 0.6 is 0 Å². The van der Waals surface area contributed by atoms with Crippen LogP contribution in [0, 0.1) is 24.7 Å². The molecule has 1 aromatic rings. The van der Waals surface area contributed by atoms with Crippen molar-refractivity contribution in [2.75, 3.05) is 17.2 Å². The van der Waals surface area contributed by atoms with E-state index >= 15 is 0 Å². The third kappa shape index (κ3) is 1.25. The Morgan fingerprint density at radius 2 is 2.17 bits per heavy atom. The van der Waals surface area contributed by atoms with Crippen LogP contribution in [-0.4, -0.2) is 33.8 Å². The molecule has 2 heterocycles. The fraction of sp³-hybridized carbons (Fsp3) is 0.692. The van der Waals surface area contributed by atoms with Crippen LogP contribution in [0.2, 0.25) is 0 Å². The molecular weight excluding hydrogens is 228 g/mol. The number of hydrogen-bond donors (Lipinski definition) is 2. The topological polar surface area (TPSA) is 75.3 Å². The van der Waals surface area contributed by atoms with Crippen LogP contribution in [0.1, 0.15) is 18.5 Å². The first-order chi connectivity index (χ1) is 8.63. The van der Waals surface area contributed by atoms with Gasteiger partial charge in [-0.2, -0.15) is 4.98 Å². The van der Waals surface area contributed by atoms with Crippen LogP contribution in [0.25, 0.3) is 0 Å². The number of nitrogen functional groups attached to an aromatic ring is 1. The Hall–Kier alpha value is -1.36. The van der Waals surface area contributed by atoms with E-state index in [4.69, 9.17) is 5.73 Å². The minimum atomic E-state index is -0.190. The molecule has 3 N–H and O–H groups in total. The van der Waals surface area contributed by atoms with Gasteiger partial charge in [0.25, 0.3) is 0 Å². The molecule has 5 nitrogen and oxygen atoms in total. The van der Waals surface area contributed by atoms with E-state index in [9.17, 15) is 5.11 Å². The average Bonchev–Trinajstić information content (AvgIpc) is 2.87. The average molecular weight is 246 g/mol. The molecule has 3 fully saturated rings. The van der Waals surface area contributed by atoms with Crippen molar-refractivity contribution in [2.24, 2.45) is 17.8 Å². The summed E-state index contributed by atoms with van der Waals surface area (Å²) in [7, 11) is 0. The van der Waals surface area contributed by atoms with Crippen molar-refractivity contribution in [2.45, 2.75) is 31.9 Å². The lowest BCUT2D eigenvalue weighted by Crippen LogP contribution is -2.41. The largest absolute Gasteiger partial charge is 0.391 e. The molecule has 1 saturated heterocycles. The van der Waals surface area contributed by atoms with Gasteiger partial charge in [-0.15, -0.1) is 0 Å². The maximum Gasteiger partial charge on any atom is 0.222 e. The summed E-state index contributed by atoms with van der Waals surface area (Å²) in [6, 6.07) is 2.23. The van der Waals surface area contributed by atoms with Crippen molar-refractivity contribution in [3.63, 3.8) is 0 Å². The Morgan fingerprint density at radius 3 is 2.89 bits per heavy atom. The van der Waals surface area contributed by atoms with Gasteiger partial charge in [0.1, 0.15) is 5.82 Å². The van der Waals surface area contributed by atoms with E-state index in [0.717, 1.165) is 24.0 Å². The Bertz CT molecular complexity index is 484. The van der Waals surface area contributed by atoms with Gasteiger partial charge in [-0.25, -0.2) is 4.98 Å². The number of anilines is 2. The Kier molecular flexibility index (Phi) is 1.96. The number of aromatic nitrogens is 2. The third-order valence-corrected chi connectivity index (χ3v) is 5.00. The molecule has 1 aliphatic heterocycles.